The van der Waals surface area contributed by atoms with E-state index in [9.17, 15) is 13.2 Å². The third-order valence-electron chi connectivity index (χ3n) is 4.55. The number of halogens is 1. The first kappa shape index (κ1) is 22.6. The Bertz CT molecular complexity index is 1190. The molecule has 10 heteroatoms. The van der Waals surface area contributed by atoms with Crippen molar-refractivity contribution >= 4 is 56.0 Å². The highest BCUT2D eigenvalue weighted by atomic mass is 35.5. The molecule has 3 aromatic rings. The fraction of sp³-hybridized carbons (Fsp3) is 0.300. The molecule has 1 heterocycles. The van der Waals surface area contributed by atoms with Gasteiger partial charge in [-0.3, -0.25) is 4.79 Å². The van der Waals surface area contributed by atoms with Gasteiger partial charge in [-0.05, 0) is 49.2 Å². The molecule has 0 bridgehead atoms. The highest BCUT2D eigenvalue weighted by Gasteiger charge is 2.16. The number of hydrogen-bond acceptors (Lipinski definition) is 5. The smallest absolute Gasteiger partial charge is 0.238 e. The van der Waals surface area contributed by atoms with Crippen LogP contribution in [0.3, 0.4) is 0 Å². The molecule has 0 aliphatic carbocycles. The lowest BCUT2D eigenvalue weighted by Crippen LogP contribution is -2.15. The molecular weight excluding hydrogens is 444 g/mol. The van der Waals surface area contributed by atoms with Gasteiger partial charge in [0.25, 0.3) is 0 Å². The van der Waals surface area contributed by atoms with E-state index in [1.54, 1.807) is 18.2 Å². The fourth-order valence-corrected chi connectivity index (χ4v) is 4.50. The maximum Gasteiger partial charge on any atom is 0.238 e. The van der Waals surface area contributed by atoms with Gasteiger partial charge in [0.1, 0.15) is 0 Å². The highest BCUT2D eigenvalue weighted by molar-refractivity contribution is 7.99. The average molecular weight is 467 g/mol. The normalized spacial score (nSPS) is 11.7. The lowest BCUT2D eigenvalue weighted by Gasteiger charge is -2.10. The number of benzene rings is 2. The van der Waals surface area contributed by atoms with Gasteiger partial charge in [0, 0.05) is 17.3 Å². The molecule has 0 spiro atoms. The van der Waals surface area contributed by atoms with Gasteiger partial charge in [0.05, 0.1) is 21.7 Å². The summed E-state index contributed by atoms with van der Waals surface area (Å²) in [6.45, 7) is 4.71. The molecule has 0 saturated heterocycles. The van der Waals surface area contributed by atoms with Crippen molar-refractivity contribution < 1.29 is 13.2 Å². The van der Waals surface area contributed by atoms with Gasteiger partial charge < -0.3 is 9.88 Å². The fourth-order valence-electron chi connectivity index (χ4n) is 2.95. The number of primary sulfonamides is 1. The van der Waals surface area contributed by atoms with Crippen LogP contribution >= 0.6 is 23.4 Å². The molecule has 30 heavy (non-hydrogen) atoms. The Morgan fingerprint density at radius 1 is 1.27 bits per heavy atom. The molecule has 3 rings (SSSR count). The van der Waals surface area contributed by atoms with E-state index >= 15 is 0 Å². The molecule has 0 saturated carbocycles. The number of hydrogen-bond donors (Lipinski definition) is 2. The summed E-state index contributed by atoms with van der Waals surface area (Å²) in [4.78, 5) is 17.0. The molecule has 2 aromatic carbocycles. The molecule has 1 aromatic heterocycles. The third-order valence-corrected chi connectivity index (χ3v) is 6.68. The molecule has 0 aliphatic rings. The Morgan fingerprint density at radius 2 is 2.03 bits per heavy atom. The van der Waals surface area contributed by atoms with Crippen LogP contribution in [-0.2, 0) is 21.4 Å². The molecule has 0 radical (unpaired) electrons. The number of nitrogens with zero attached hydrogens (tertiary/aromatic N) is 2. The molecule has 160 valence electrons. The van der Waals surface area contributed by atoms with E-state index < -0.39 is 10.0 Å². The van der Waals surface area contributed by atoms with Crippen LogP contribution in [0.25, 0.3) is 11.0 Å². The van der Waals surface area contributed by atoms with Gasteiger partial charge in [-0.2, -0.15) is 0 Å². The summed E-state index contributed by atoms with van der Waals surface area (Å²) in [5, 5.41) is 9.31. The number of aromatic nitrogens is 2. The third kappa shape index (κ3) is 5.34. The lowest BCUT2D eigenvalue weighted by atomic mass is 10.2. The van der Waals surface area contributed by atoms with Gasteiger partial charge in [-0.15, -0.1) is 0 Å². The Balaban J connectivity index is 1.83. The summed E-state index contributed by atoms with van der Waals surface area (Å²) >= 11 is 7.31. The number of sulfonamides is 1. The monoisotopic (exact) mass is 466 g/mol. The van der Waals surface area contributed by atoms with Gasteiger partial charge in [0.2, 0.25) is 15.9 Å². The molecule has 1 amide bonds. The zero-order chi connectivity index (χ0) is 21.9. The van der Waals surface area contributed by atoms with Gasteiger partial charge >= 0.3 is 0 Å². The van der Waals surface area contributed by atoms with Crippen LogP contribution in [0.15, 0.2) is 46.5 Å². The van der Waals surface area contributed by atoms with Gasteiger partial charge in [-0.1, -0.05) is 42.8 Å². The zero-order valence-corrected chi connectivity index (χ0v) is 19.1. The Labute approximate surface area is 185 Å². The maximum atomic E-state index is 12.5. The predicted octanol–water partition coefficient (Wildman–Crippen LogP) is 4.18. The highest BCUT2D eigenvalue weighted by Crippen LogP contribution is 2.27. The van der Waals surface area contributed by atoms with E-state index in [1.807, 2.05) is 17.6 Å². The van der Waals surface area contributed by atoms with Crippen molar-refractivity contribution in [1.29, 1.82) is 0 Å². The topological polar surface area (TPSA) is 107 Å². The van der Waals surface area contributed by atoms with Crippen LogP contribution in [0.1, 0.15) is 25.3 Å². The van der Waals surface area contributed by atoms with Crippen molar-refractivity contribution in [2.75, 3.05) is 11.1 Å². The van der Waals surface area contributed by atoms with Crippen molar-refractivity contribution in [1.82, 2.24) is 9.55 Å². The second-order valence-electron chi connectivity index (χ2n) is 6.89. The molecule has 0 atom stereocenters. The quantitative estimate of drug-likeness (QED) is 0.484. The van der Waals surface area contributed by atoms with Crippen LogP contribution < -0.4 is 10.5 Å². The van der Waals surface area contributed by atoms with Gasteiger partial charge in [-0.25, -0.2) is 18.5 Å². The molecular formula is C20H23ClN4O3S2. The minimum atomic E-state index is -3.81. The summed E-state index contributed by atoms with van der Waals surface area (Å²) in [6.07, 6.45) is 1.93. The van der Waals surface area contributed by atoms with Crippen LogP contribution in [0.2, 0.25) is 5.02 Å². The van der Waals surface area contributed by atoms with Gasteiger partial charge in [0.15, 0.2) is 5.16 Å². The largest absolute Gasteiger partial charge is 0.325 e. The van der Waals surface area contributed by atoms with Crippen molar-refractivity contribution in [3.63, 3.8) is 0 Å². The molecule has 0 fully saturated rings. The zero-order valence-electron chi connectivity index (χ0n) is 16.7. The van der Waals surface area contributed by atoms with E-state index in [4.69, 9.17) is 16.7 Å². The number of nitrogens with two attached hydrogens (primary N) is 1. The summed E-state index contributed by atoms with van der Waals surface area (Å²) in [5.74, 6) is -0.0200. The van der Waals surface area contributed by atoms with Crippen LogP contribution in [0.5, 0.6) is 0 Å². The molecule has 7 nitrogen and oxygen atoms in total. The Kier molecular flexibility index (Phi) is 7.07. The van der Waals surface area contributed by atoms with Crippen molar-refractivity contribution in [2.45, 2.75) is 43.3 Å². The van der Waals surface area contributed by atoms with Crippen LogP contribution in [0.4, 0.5) is 5.69 Å². The number of amides is 1. The SMILES string of the molecule is CCCCn1c(SCC(=O)Nc2cc(Cl)ccc2C)nc2cc(S(N)(=O)=O)ccc21. The molecule has 3 N–H and O–H groups in total. The van der Waals surface area contributed by atoms with Crippen LogP contribution in [0, 0.1) is 6.92 Å². The lowest BCUT2D eigenvalue weighted by molar-refractivity contribution is -0.113. The summed E-state index contributed by atoms with van der Waals surface area (Å²) in [5.41, 5.74) is 2.93. The number of carbonyl (C=O) groups excluding carboxylic acids is 1. The standard InChI is InChI=1S/C20H23ClN4O3S2/c1-3-4-9-25-18-8-7-15(30(22,27)28)11-17(18)24-20(25)29-12-19(26)23-16-10-14(21)6-5-13(16)2/h5-8,10-11H,3-4,9,12H2,1-2H3,(H,23,26)(H2,22,27,28). The Morgan fingerprint density at radius 3 is 2.73 bits per heavy atom. The predicted molar refractivity (Wildman–Crippen MR) is 122 cm³/mol. The number of thioether (sulfide) groups is 1. The second kappa shape index (κ2) is 9.38. The number of aryl methyl sites for hydroxylation is 2. The summed E-state index contributed by atoms with van der Waals surface area (Å²) in [7, 11) is -3.81. The molecule has 0 aliphatic heterocycles. The number of anilines is 1. The maximum absolute atomic E-state index is 12.5. The van der Waals surface area contributed by atoms with Crippen LogP contribution in [-0.4, -0.2) is 29.6 Å². The minimum Gasteiger partial charge on any atom is -0.325 e. The van der Waals surface area contributed by atoms with E-state index in [1.165, 1.54) is 23.9 Å². The second-order valence-corrected chi connectivity index (χ2v) is 9.83. The van der Waals surface area contributed by atoms with Crippen molar-refractivity contribution in [3.05, 3.63) is 47.0 Å². The van der Waals surface area contributed by atoms with E-state index in [0.717, 1.165) is 30.5 Å². The first-order valence-corrected chi connectivity index (χ1v) is 12.3. The number of fused-ring (bicyclic) bond motifs is 1. The summed E-state index contributed by atoms with van der Waals surface area (Å²) in [6, 6.07) is 9.98. The van der Waals surface area contributed by atoms with Crippen molar-refractivity contribution in [2.24, 2.45) is 5.14 Å². The number of rotatable bonds is 8. The van der Waals surface area contributed by atoms with E-state index in [-0.39, 0.29) is 16.6 Å². The average Bonchev–Trinajstić information content (AvgIpc) is 3.03. The number of nitrogens with one attached hydrogen (secondary N) is 1. The van der Waals surface area contributed by atoms with Crippen molar-refractivity contribution in [3.8, 4) is 0 Å². The first-order chi connectivity index (χ1) is 14.2. The van der Waals surface area contributed by atoms with E-state index in [0.29, 0.717) is 21.4 Å². The first-order valence-electron chi connectivity index (χ1n) is 9.41. The minimum absolute atomic E-state index is 0.0147. The number of unbranched alkanes of at least 4 members (excludes halogenated alkanes) is 1. The Hall–Kier alpha value is -2.07. The summed E-state index contributed by atoms with van der Waals surface area (Å²) < 4.78 is 25.3. The molecule has 0 unspecified atom stereocenters. The van der Waals surface area contributed by atoms with E-state index in [2.05, 4.69) is 17.2 Å². The number of carbonyl (C=O) groups is 1. The number of imidazole rings is 1.